The van der Waals surface area contributed by atoms with E-state index < -0.39 is 0 Å². The third kappa shape index (κ3) is 8.61. The summed E-state index contributed by atoms with van der Waals surface area (Å²) in [5.41, 5.74) is 1.49. The van der Waals surface area contributed by atoms with E-state index in [0.717, 1.165) is 69.9 Å². The molecule has 1 heterocycles. The maximum atomic E-state index is 14.6. The largest absolute Gasteiger partial charge is 0.370 e. The van der Waals surface area contributed by atoms with Crippen molar-refractivity contribution >= 4 is 41.5 Å². The summed E-state index contributed by atoms with van der Waals surface area (Å²) < 4.78 is 14.6. The molecule has 33 heavy (non-hydrogen) atoms. The second-order valence-electron chi connectivity index (χ2n) is 8.41. The molecule has 0 radical (unpaired) electrons. The number of carbonyl (C=O) groups is 1. The molecule has 0 aliphatic carbocycles. The van der Waals surface area contributed by atoms with Gasteiger partial charge in [0.05, 0.1) is 12.2 Å². The lowest BCUT2D eigenvalue weighted by molar-refractivity contribution is -0.136. The first-order valence-corrected chi connectivity index (χ1v) is 12.3. The number of nitrogens with zero attached hydrogens (tertiary/aromatic N) is 3. The molecule has 6 nitrogen and oxygen atoms in total. The maximum absolute atomic E-state index is 14.6. The number of hydrogen-bond acceptors (Lipinski definition) is 3. The maximum Gasteiger partial charge on any atom is 0.225 e. The summed E-state index contributed by atoms with van der Waals surface area (Å²) >= 11 is 0. The summed E-state index contributed by atoms with van der Waals surface area (Å²) in [6.45, 7) is 14.6. The molecule has 1 aliphatic rings. The molecule has 188 valence electrons. The van der Waals surface area contributed by atoms with Crippen LogP contribution >= 0.6 is 24.0 Å². The van der Waals surface area contributed by atoms with Crippen molar-refractivity contribution in [1.29, 1.82) is 0 Å². The van der Waals surface area contributed by atoms with Crippen LogP contribution in [0.3, 0.4) is 0 Å². The van der Waals surface area contributed by atoms with Gasteiger partial charge in [0.1, 0.15) is 5.82 Å². The molecule has 1 amide bonds. The molecule has 1 aromatic carbocycles. The smallest absolute Gasteiger partial charge is 0.225 e. The monoisotopic (exact) mass is 575 g/mol. The molecule has 0 bridgehead atoms. The van der Waals surface area contributed by atoms with Crippen LogP contribution in [0.1, 0.15) is 65.9 Å². The van der Waals surface area contributed by atoms with Gasteiger partial charge < -0.3 is 20.4 Å². The number of rotatable bonds is 10. The minimum absolute atomic E-state index is 0. The van der Waals surface area contributed by atoms with Crippen LogP contribution in [0.2, 0.25) is 0 Å². The highest BCUT2D eigenvalue weighted by Crippen LogP contribution is 2.21. The summed E-state index contributed by atoms with van der Waals surface area (Å²) in [4.78, 5) is 21.3. The average molecular weight is 576 g/mol. The molecule has 1 fully saturated rings. The summed E-state index contributed by atoms with van der Waals surface area (Å²) in [5, 5.41) is 6.79. The van der Waals surface area contributed by atoms with Gasteiger partial charge in [-0.25, -0.2) is 9.38 Å². The predicted molar refractivity (Wildman–Crippen MR) is 147 cm³/mol. The Morgan fingerprint density at radius 1 is 1.15 bits per heavy atom. The summed E-state index contributed by atoms with van der Waals surface area (Å²) in [5.74, 6) is 0.982. The second-order valence-corrected chi connectivity index (χ2v) is 8.41. The van der Waals surface area contributed by atoms with Crippen molar-refractivity contribution in [3.63, 3.8) is 0 Å². The van der Waals surface area contributed by atoms with Crippen LogP contribution in [0, 0.1) is 11.7 Å². The summed E-state index contributed by atoms with van der Waals surface area (Å²) in [7, 11) is 0. The number of guanidine groups is 1. The van der Waals surface area contributed by atoms with Gasteiger partial charge in [-0.1, -0.05) is 19.9 Å². The van der Waals surface area contributed by atoms with Crippen molar-refractivity contribution in [1.82, 2.24) is 15.5 Å². The van der Waals surface area contributed by atoms with Crippen molar-refractivity contribution in [2.75, 3.05) is 37.6 Å². The number of amides is 1. The number of halogens is 2. The fourth-order valence-corrected chi connectivity index (χ4v) is 4.29. The van der Waals surface area contributed by atoms with Crippen molar-refractivity contribution in [2.24, 2.45) is 10.9 Å². The molecular formula is C25H43FIN5O. The standard InChI is InChI=1S/C25H42FN5O.HI/c1-6-20(7-2)24(32)31-15-13-21(14-16-31)29-25(27-8-3)28-18-19-11-12-23(22(26)17-19)30(9-4)10-5;/h11-12,17,20-21H,6-10,13-16,18H2,1-5H3,(H2,27,28,29);1H. The lowest BCUT2D eigenvalue weighted by Crippen LogP contribution is -2.50. The van der Waals surface area contributed by atoms with E-state index in [-0.39, 0.29) is 41.8 Å². The molecule has 0 aromatic heterocycles. The zero-order chi connectivity index (χ0) is 23.5. The van der Waals surface area contributed by atoms with E-state index in [1.165, 1.54) is 0 Å². The van der Waals surface area contributed by atoms with E-state index in [1.807, 2.05) is 42.7 Å². The molecule has 0 spiro atoms. The van der Waals surface area contributed by atoms with E-state index in [1.54, 1.807) is 6.07 Å². The quantitative estimate of drug-likeness (QED) is 0.240. The Morgan fingerprint density at radius 2 is 1.79 bits per heavy atom. The van der Waals surface area contributed by atoms with Crippen LogP contribution < -0.4 is 15.5 Å². The van der Waals surface area contributed by atoms with Gasteiger partial charge in [0.25, 0.3) is 0 Å². The van der Waals surface area contributed by atoms with Gasteiger partial charge in [0.15, 0.2) is 5.96 Å². The molecule has 0 unspecified atom stereocenters. The van der Waals surface area contributed by atoms with Gasteiger partial charge in [0, 0.05) is 44.7 Å². The van der Waals surface area contributed by atoms with E-state index in [2.05, 4.69) is 29.5 Å². The Morgan fingerprint density at radius 3 is 2.30 bits per heavy atom. The third-order valence-corrected chi connectivity index (χ3v) is 6.36. The van der Waals surface area contributed by atoms with Crippen molar-refractivity contribution in [3.05, 3.63) is 29.6 Å². The number of carbonyl (C=O) groups excluding carboxylic acids is 1. The number of nitrogens with one attached hydrogen (secondary N) is 2. The first kappa shape index (κ1) is 29.5. The Balaban J connectivity index is 0.00000544. The van der Waals surface area contributed by atoms with E-state index in [4.69, 9.17) is 0 Å². The topological polar surface area (TPSA) is 60.0 Å². The van der Waals surface area contributed by atoms with Crippen molar-refractivity contribution in [2.45, 2.75) is 72.9 Å². The van der Waals surface area contributed by atoms with Crippen molar-refractivity contribution < 1.29 is 9.18 Å². The molecular weight excluding hydrogens is 532 g/mol. The van der Waals surface area contributed by atoms with Crippen LogP contribution in [0.5, 0.6) is 0 Å². The van der Waals surface area contributed by atoms with E-state index in [0.29, 0.717) is 18.1 Å². The number of anilines is 1. The lowest BCUT2D eigenvalue weighted by Gasteiger charge is -2.34. The average Bonchev–Trinajstić information content (AvgIpc) is 2.80. The number of hydrogen-bond donors (Lipinski definition) is 2. The normalized spacial score (nSPS) is 14.8. The number of likely N-dealkylation sites (tertiary alicyclic amines) is 1. The van der Waals surface area contributed by atoms with Crippen molar-refractivity contribution in [3.8, 4) is 0 Å². The predicted octanol–water partition coefficient (Wildman–Crippen LogP) is 4.77. The minimum Gasteiger partial charge on any atom is -0.370 e. The lowest BCUT2D eigenvalue weighted by atomic mass is 9.98. The van der Waals surface area contributed by atoms with Crippen LogP contribution in [0.4, 0.5) is 10.1 Å². The summed E-state index contributed by atoms with van der Waals surface area (Å²) in [6.07, 6.45) is 3.62. The van der Waals surface area contributed by atoms with Gasteiger partial charge in [-0.05, 0) is 64.2 Å². The molecule has 8 heteroatoms. The van der Waals surface area contributed by atoms with E-state index in [9.17, 15) is 9.18 Å². The Bertz CT molecular complexity index is 744. The highest BCUT2D eigenvalue weighted by Gasteiger charge is 2.26. The third-order valence-electron chi connectivity index (χ3n) is 6.36. The molecule has 0 atom stereocenters. The minimum atomic E-state index is -0.200. The number of piperidine rings is 1. The highest BCUT2D eigenvalue weighted by molar-refractivity contribution is 14.0. The first-order chi connectivity index (χ1) is 15.5. The Hall–Kier alpha value is -1.58. The zero-order valence-electron chi connectivity index (χ0n) is 21.0. The van der Waals surface area contributed by atoms with Gasteiger partial charge in [-0.3, -0.25) is 4.79 Å². The molecule has 2 rings (SSSR count). The number of benzene rings is 1. The highest BCUT2D eigenvalue weighted by atomic mass is 127. The fraction of sp³-hybridized carbons (Fsp3) is 0.680. The molecule has 1 saturated heterocycles. The fourth-order valence-electron chi connectivity index (χ4n) is 4.29. The van der Waals surface area contributed by atoms with Crippen LogP contribution in [0.15, 0.2) is 23.2 Å². The molecule has 2 N–H and O–H groups in total. The molecule has 1 aromatic rings. The van der Waals surface area contributed by atoms with Gasteiger partial charge in [0.2, 0.25) is 5.91 Å². The van der Waals surface area contributed by atoms with E-state index >= 15 is 0 Å². The first-order valence-electron chi connectivity index (χ1n) is 12.3. The number of aliphatic imine (C=N–C) groups is 1. The second kappa shape index (κ2) is 15.3. The van der Waals surface area contributed by atoms with Gasteiger partial charge >= 0.3 is 0 Å². The SMILES string of the molecule is CCNC(=NCc1ccc(N(CC)CC)c(F)c1)NC1CCN(C(=O)C(CC)CC)CC1.I. The Labute approximate surface area is 216 Å². The van der Waals surface area contributed by atoms with Gasteiger partial charge in [-0.2, -0.15) is 0 Å². The molecule has 0 saturated carbocycles. The summed E-state index contributed by atoms with van der Waals surface area (Å²) in [6, 6.07) is 5.66. The molecule has 1 aliphatic heterocycles. The van der Waals surface area contributed by atoms with Crippen LogP contribution in [0.25, 0.3) is 0 Å². The van der Waals surface area contributed by atoms with Gasteiger partial charge in [-0.15, -0.1) is 24.0 Å². The Kier molecular flexibility index (Phi) is 13.7. The van der Waals surface area contributed by atoms with Crippen LogP contribution in [-0.2, 0) is 11.3 Å². The zero-order valence-corrected chi connectivity index (χ0v) is 23.3. The van der Waals surface area contributed by atoms with Crippen LogP contribution in [-0.4, -0.2) is 55.5 Å².